The summed E-state index contributed by atoms with van der Waals surface area (Å²) in [5, 5.41) is 18.4. The highest BCUT2D eigenvalue weighted by atomic mass is 19.1. The summed E-state index contributed by atoms with van der Waals surface area (Å²) in [4.78, 5) is 16.1. The van der Waals surface area contributed by atoms with Crippen LogP contribution in [-0.4, -0.2) is 34.3 Å². The van der Waals surface area contributed by atoms with Gasteiger partial charge in [-0.1, -0.05) is 36.4 Å². The van der Waals surface area contributed by atoms with E-state index in [2.05, 4.69) is 4.98 Å². The maximum absolute atomic E-state index is 15.5. The zero-order chi connectivity index (χ0) is 28.9. The second-order valence-corrected chi connectivity index (χ2v) is 9.37. The lowest BCUT2D eigenvalue weighted by Crippen LogP contribution is -2.10. The number of methoxy groups -OCH3 is 1. The van der Waals surface area contributed by atoms with Crippen LogP contribution in [0.4, 0.5) is 8.78 Å². The van der Waals surface area contributed by atoms with Gasteiger partial charge >= 0.3 is 5.97 Å². The van der Waals surface area contributed by atoms with Crippen LogP contribution in [0.25, 0.3) is 22.2 Å². The van der Waals surface area contributed by atoms with E-state index in [4.69, 9.17) is 14.7 Å². The third kappa shape index (κ3) is 5.93. The number of imidazole rings is 1. The molecule has 0 saturated heterocycles. The van der Waals surface area contributed by atoms with Gasteiger partial charge in [-0.3, -0.25) is 0 Å². The Morgan fingerprint density at radius 3 is 2.51 bits per heavy atom. The second-order valence-electron chi connectivity index (χ2n) is 9.37. The number of carboxylic acids is 1. The lowest BCUT2D eigenvalue weighted by Gasteiger charge is -2.14. The number of carboxylic acid groups (broad SMARTS) is 1. The Balaban J connectivity index is 1.41. The molecule has 1 aromatic heterocycles. The number of hydrogen-bond acceptors (Lipinski definition) is 5. The molecular weight excluding hydrogens is 528 g/mol. The first-order chi connectivity index (χ1) is 19.9. The zero-order valence-corrected chi connectivity index (χ0v) is 22.1. The summed E-state index contributed by atoms with van der Waals surface area (Å²) in [6.07, 6.45) is 0.184. The van der Waals surface area contributed by atoms with Crippen molar-refractivity contribution in [1.29, 1.82) is 5.26 Å². The number of rotatable bonds is 10. The molecule has 0 bridgehead atoms. The maximum Gasteiger partial charge on any atom is 0.335 e. The molecule has 1 heterocycles. The number of aromatic nitrogens is 2. The van der Waals surface area contributed by atoms with Crippen LogP contribution in [0.1, 0.15) is 32.9 Å². The Labute approximate surface area is 234 Å². The third-order valence-electron chi connectivity index (χ3n) is 6.76. The van der Waals surface area contributed by atoms with Crippen molar-refractivity contribution in [3.63, 3.8) is 0 Å². The van der Waals surface area contributed by atoms with Gasteiger partial charge in [-0.2, -0.15) is 5.26 Å². The van der Waals surface area contributed by atoms with E-state index in [0.717, 1.165) is 6.07 Å². The molecule has 0 unspecified atom stereocenters. The summed E-state index contributed by atoms with van der Waals surface area (Å²) < 4.78 is 42.8. The summed E-state index contributed by atoms with van der Waals surface area (Å²) >= 11 is 0. The van der Waals surface area contributed by atoms with Gasteiger partial charge in [-0.15, -0.1) is 0 Å². The minimum atomic E-state index is -1.04. The van der Waals surface area contributed by atoms with E-state index >= 15 is 4.39 Å². The first-order valence-electron chi connectivity index (χ1n) is 12.8. The number of carbonyl (C=O) groups is 1. The van der Waals surface area contributed by atoms with E-state index in [-0.39, 0.29) is 24.2 Å². The van der Waals surface area contributed by atoms with Crippen molar-refractivity contribution in [2.45, 2.75) is 19.6 Å². The molecule has 0 aliphatic carbocycles. The van der Waals surface area contributed by atoms with Crippen LogP contribution in [-0.2, 0) is 24.3 Å². The van der Waals surface area contributed by atoms with Crippen LogP contribution in [0.3, 0.4) is 0 Å². The van der Waals surface area contributed by atoms with Gasteiger partial charge in [0.25, 0.3) is 0 Å². The molecule has 41 heavy (non-hydrogen) atoms. The summed E-state index contributed by atoms with van der Waals surface area (Å²) in [5.74, 6) is -0.973. The molecule has 0 aliphatic rings. The average molecular weight is 554 g/mol. The fourth-order valence-electron chi connectivity index (χ4n) is 4.62. The molecule has 1 N–H and O–H groups in total. The summed E-state index contributed by atoms with van der Waals surface area (Å²) in [5.41, 5.74) is 3.55. The number of aromatic carboxylic acids is 1. The van der Waals surface area contributed by atoms with Gasteiger partial charge in [0.05, 0.1) is 34.8 Å². The van der Waals surface area contributed by atoms with Crippen molar-refractivity contribution in [3.8, 4) is 22.9 Å². The Morgan fingerprint density at radius 1 is 1.00 bits per heavy atom. The highest BCUT2D eigenvalue weighted by Crippen LogP contribution is 2.32. The fourth-order valence-corrected chi connectivity index (χ4v) is 4.62. The molecule has 0 atom stereocenters. The third-order valence-corrected chi connectivity index (χ3v) is 6.76. The molecule has 0 fully saturated rings. The van der Waals surface area contributed by atoms with E-state index in [1.807, 2.05) is 10.6 Å². The lowest BCUT2D eigenvalue weighted by atomic mass is 10.0. The molecule has 0 amide bonds. The Kier molecular flexibility index (Phi) is 8.04. The van der Waals surface area contributed by atoms with Crippen molar-refractivity contribution < 1.29 is 28.2 Å². The number of ether oxygens (including phenoxy) is 2. The van der Waals surface area contributed by atoms with Crippen molar-refractivity contribution >= 4 is 17.0 Å². The van der Waals surface area contributed by atoms with E-state index in [9.17, 15) is 14.3 Å². The predicted molar refractivity (Wildman–Crippen MR) is 149 cm³/mol. The first-order valence-corrected chi connectivity index (χ1v) is 12.8. The van der Waals surface area contributed by atoms with E-state index < -0.39 is 17.6 Å². The normalized spacial score (nSPS) is 11.0. The van der Waals surface area contributed by atoms with Crippen LogP contribution in [0, 0.1) is 23.0 Å². The van der Waals surface area contributed by atoms with E-state index in [1.54, 1.807) is 55.6 Å². The summed E-state index contributed by atoms with van der Waals surface area (Å²) in [6.45, 7) is 0.742. The lowest BCUT2D eigenvalue weighted by molar-refractivity contribution is 0.0697. The van der Waals surface area contributed by atoms with E-state index in [1.165, 1.54) is 24.3 Å². The van der Waals surface area contributed by atoms with Gasteiger partial charge in [0, 0.05) is 31.2 Å². The molecule has 0 aliphatic heterocycles. The zero-order valence-electron chi connectivity index (χ0n) is 22.1. The molecule has 206 valence electrons. The monoisotopic (exact) mass is 553 g/mol. The molecule has 5 aromatic rings. The molecule has 0 radical (unpaired) electrons. The number of fused-ring (bicyclic) bond motifs is 1. The quantitative estimate of drug-likeness (QED) is 0.216. The molecule has 5 rings (SSSR count). The smallest absolute Gasteiger partial charge is 0.335 e. The minimum absolute atomic E-state index is 0.0591. The van der Waals surface area contributed by atoms with Crippen molar-refractivity contribution in [2.24, 2.45) is 0 Å². The number of para-hydroxylation sites is 1. The number of halogens is 2. The maximum atomic E-state index is 15.5. The number of benzene rings is 4. The topological polar surface area (TPSA) is 97.4 Å². The summed E-state index contributed by atoms with van der Waals surface area (Å²) in [7, 11) is 1.57. The molecule has 0 saturated carbocycles. The number of hydrogen-bond donors (Lipinski definition) is 1. The van der Waals surface area contributed by atoms with E-state index in [0.29, 0.717) is 58.0 Å². The molecule has 9 heteroatoms. The van der Waals surface area contributed by atoms with Crippen LogP contribution in [0.15, 0.2) is 78.9 Å². The van der Waals surface area contributed by atoms with Crippen LogP contribution in [0.2, 0.25) is 0 Å². The van der Waals surface area contributed by atoms with Crippen molar-refractivity contribution in [2.75, 3.05) is 13.7 Å². The van der Waals surface area contributed by atoms with Crippen molar-refractivity contribution in [1.82, 2.24) is 9.55 Å². The first kappa shape index (κ1) is 27.5. The summed E-state index contributed by atoms with van der Waals surface area (Å²) in [6, 6.07) is 22.8. The van der Waals surface area contributed by atoms with Crippen LogP contribution < -0.4 is 4.74 Å². The fraction of sp³-hybridized carbons (Fsp3) is 0.156. The van der Waals surface area contributed by atoms with Crippen LogP contribution in [0.5, 0.6) is 5.75 Å². The predicted octanol–water partition coefficient (Wildman–Crippen LogP) is 6.37. The largest absolute Gasteiger partial charge is 0.488 e. The average Bonchev–Trinajstić information content (AvgIpc) is 3.32. The SMILES string of the molecule is COCCn1c(Cc2ccc(-c3ccccc3OCc3ccc(C#N)cc3F)cc2F)nc2ccc(C(=O)O)cc21. The van der Waals surface area contributed by atoms with Gasteiger partial charge in [0.1, 0.15) is 29.8 Å². The molecule has 4 aromatic carbocycles. The van der Waals surface area contributed by atoms with Gasteiger partial charge in [0.15, 0.2) is 0 Å². The van der Waals surface area contributed by atoms with Crippen molar-refractivity contribution in [3.05, 3.63) is 119 Å². The Hall–Kier alpha value is -5.07. The van der Waals surface area contributed by atoms with Gasteiger partial charge in [-0.05, 0) is 53.6 Å². The number of nitriles is 1. The minimum Gasteiger partial charge on any atom is -0.488 e. The van der Waals surface area contributed by atoms with Gasteiger partial charge in [-0.25, -0.2) is 18.6 Å². The Bertz CT molecular complexity index is 1790. The molecular formula is C32H25F2N3O4. The highest BCUT2D eigenvalue weighted by molar-refractivity contribution is 5.92. The standard InChI is InChI=1S/C32H25F2N3O4/c1-40-13-12-37-29-16-23(32(38)39)10-11-28(29)36-31(37)17-22-9-8-21(15-27(22)34)25-4-2-3-5-30(25)41-19-24-7-6-20(18-35)14-26(24)33/h2-11,14-16H,12-13,17,19H2,1H3,(H,38,39). The van der Waals surface area contributed by atoms with Gasteiger partial charge in [0.2, 0.25) is 0 Å². The molecule has 0 spiro atoms. The van der Waals surface area contributed by atoms with Gasteiger partial charge < -0.3 is 19.1 Å². The Morgan fingerprint density at radius 2 is 1.78 bits per heavy atom. The van der Waals surface area contributed by atoms with Crippen LogP contribution >= 0.6 is 0 Å². The molecule has 7 nitrogen and oxygen atoms in total. The number of nitrogens with zero attached hydrogens (tertiary/aromatic N) is 3. The second kappa shape index (κ2) is 12.0. The highest BCUT2D eigenvalue weighted by Gasteiger charge is 2.17.